The summed E-state index contributed by atoms with van der Waals surface area (Å²) in [5.41, 5.74) is 0.351. The Morgan fingerprint density at radius 2 is 2.00 bits per heavy atom. The van der Waals surface area contributed by atoms with Gasteiger partial charge in [-0.15, -0.1) is 0 Å². The normalized spacial score (nSPS) is 10.4. The zero-order valence-electron chi connectivity index (χ0n) is 8.38. The van der Waals surface area contributed by atoms with Crippen molar-refractivity contribution in [1.29, 1.82) is 0 Å². The van der Waals surface area contributed by atoms with Crippen molar-refractivity contribution in [2.75, 3.05) is 0 Å². The molecule has 2 rings (SSSR count). The van der Waals surface area contributed by atoms with Crippen LogP contribution < -0.4 is 0 Å². The number of rotatable bonds is 2. The van der Waals surface area contributed by atoms with E-state index in [-0.39, 0.29) is 16.8 Å². The van der Waals surface area contributed by atoms with Gasteiger partial charge in [0.15, 0.2) is 0 Å². The number of carboxylic acids is 1. The molecule has 6 heteroatoms. The molecule has 0 atom stereocenters. The Hall–Kier alpha value is -2.24. The molecule has 0 bridgehead atoms. The number of nitrogens with zero attached hydrogens (tertiary/aromatic N) is 3. The maximum Gasteiger partial charge on any atom is 0.337 e. The van der Waals surface area contributed by atoms with Crippen LogP contribution in [0, 0.1) is 12.7 Å². The summed E-state index contributed by atoms with van der Waals surface area (Å²) in [7, 11) is 0. The number of carbonyl (C=O) groups is 1. The second-order valence-corrected chi connectivity index (χ2v) is 3.24. The molecule has 0 aliphatic carbocycles. The van der Waals surface area contributed by atoms with Gasteiger partial charge in [0, 0.05) is 6.07 Å². The van der Waals surface area contributed by atoms with E-state index in [9.17, 15) is 9.18 Å². The van der Waals surface area contributed by atoms with E-state index in [1.165, 1.54) is 25.4 Å². The number of carboxylic acid groups (broad SMARTS) is 1. The predicted molar refractivity (Wildman–Crippen MR) is 53.0 cm³/mol. The van der Waals surface area contributed by atoms with Gasteiger partial charge in [0.2, 0.25) is 0 Å². The lowest BCUT2D eigenvalue weighted by molar-refractivity contribution is 0.0696. The zero-order chi connectivity index (χ0) is 11.7. The number of aromatic carboxylic acids is 1. The van der Waals surface area contributed by atoms with Crippen molar-refractivity contribution in [3.05, 3.63) is 41.5 Å². The van der Waals surface area contributed by atoms with Gasteiger partial charge in [-0.05, 0) is 18.6 Å². The Labute approximate surface area is 90.1 Å². The van der Waals surface area contributed by atoms with Gasteiger partial charge < -0.3 is 5.11 Å². The average Bonchev–Trinajstić information content (AvgIpc) is 2.74. The van der Waals surface area contributed by atoms with Crippen LogP contribution in [0.3, 0.4) is 0 Å². The second-order valence-electron chi connectivity index (χ2n) is 3.24. The fourth-order valence-corrected chi connectivity index (χ4v) is 1.35. The van der Waals surface area contributed by atoms with E-state index in [1.54, 1.807) is 0 Å². The quantitative estimate of drug-likeness (QED) is 0.832. The van der Waals surface area contributed by atoms with Crippen molar-refractivity contribution in [3.63, 3.8) is 0 Å². The Kier molecular flexibility index (Phi) is 2.40. The highest BCUT2D eigenvalue weighted by atomic mass is 19.1. The topological polar surface area (TPSA) is 68.0 Å². The van der Waals surface area contributed by atoms with E-state index in [2.05, 4.69) is 10.2 Å². The van der Waals surface area contributed by atoms with Crippen molar-refractivity contribution in [1.82, 2.24) is 15.0 Å². The highest BCUT2D eigenvalue weighted by molar-refractivity contribution is 5.92. The lowest BCUT2D eigenvalue weighted by atomic mass is 10.1. The predicted octanol–water partition coefficient (Wildman–Crippen LogP) is 1.41. The lowest BCUT2D eigenvalue weighted by Crippen LogP contribution is -2.09. The maximum absolute atomic E-state index is 13.4. The standard InChI is InChI=1S/C10H8FN3O2/c1-6-4-7(10(15)16)9(5-8(6)11)14-12-2-3-13-14/h2-5H,1H3,(H,15,16). The number of benzene rings is 1. The van der Waals surface area contributed by atoms with E-state index in [0.29, 0.717) is 0 Å². The maximum atomic E-state index is 13.4. The van der Waals surface area contributed by atoms with Crippen LogP contribution >= 0.6 is 0 Å². The minimum Gasteiger partial charge on any atom is -0.478 e. The van der Waals surface area contributed by atoms with E-state index in [1.807, 2.05) is 0 Å². The molecule has 5 nitrogen and oxygen atoms in total. The fourth-order valence-electron chi connectivity index (χ4n) is 1.35. The smallest absolute Gasteiger partial charge is 0.337 e. The third kappa shape index (κ3) is 1.65. The molecule has 0 spiro atoms. The van der Waals surface area contributed by atoms with Gasteiger partial charge in [-0.1, -0.05) is 0 Å². The molecule has 0 aliphatic heterocycles. The largest absolute Gasteiger partial charge is 0.478 e. The van der Waals surface area contributed by atoms with Crippen LogP contribution in [0.2, 0.25) is 0 Å². The molecule has 0 unspecified atom stereocenters. The first-order valence-electron chi connectivity index (χ1n) is 4.49. The molecule has 0 fully saturated rings. The molecule has 16 heavy (non-hydrogen) atoms. The van der Waals surface area contributed by atoms with Crippen molar-refractivity contribution in [2.24, 2.45) is 0 Å². The first-order valence-corrected chi connectivity index (χ1v) is 4.49. The van der Waals surface area contributed by atoms with Gasteiger partial charge in [0.05, 0.1) is 18.0 Å². The van der Waals surface area contributed by atoms with Gasteiger partial charge in [-0.3, -0.25) is 0 Å². The number of aromatic nitrogens is 3. The summed E-state index contributed by atoms with van der Waals surface area (Å²) < 4.78 is 13.4. The molecule has 82 valence electrons. The van der Waals surface area contributed by atoms with E-state index in [0.717, 1.165) is 10.9 Å². The Bertz CT molecular complexity index is 537. The molecule has 0 saturated heterocycles. The molecule has 1 heterocycles. The summed E-state index contributed by atoms with van der Waals surface area (Å²) >= 11 is 0. The number of halogens is 1. The fraction of sp³-hybridized carbons (Fsp3) is 0.100. The molecule has 2 aromatic rings. The van der Waals surface area contributed by atoms with Crippen LogP contribution in [-0.4, -0.2) is 26.1 Å². The number of hydrogen-bond donors (Lipinski definition) is 1. The van der Waals surface area contributed by atoms with Crippen molar-refractivity contribution < 1.29 is 14.3 Å². The van der Waals surface area contributed by atoms with Gasteiger partial charge in [-0.2, -0.15) is 15.0 Å². The highest BCUT2D eigenvalue weighted by Gasteiger charge is 2.15. The second kappa shape index (κ2) is 3.73. The third-order valence-corrected chi connectivity index (χ3v) is 2.14. The molecule has 1 aromatic heterocycles. The first kappa shape index (κ1) is 10.3. The molecule has 0 radical (unpaired) electrons. The third-order valence-electron chi connectivity index (χ3n) is 2.14. The van der Waals surface area contributed by atoms with E-state index >= 15 is 0 Å². The molecule has 1 aromatic carbocycles. The summed E-state index contributed by atoms with van der Waals surface area (Å²) in [5, 5.41) is 16.5. The summed E-state index contributed by atoms with van der Waals surface area (Å²) in [6, 6.07) is 2.37. The van der Waals surface area contributed by atoms with Gasteiger partial charge in [-0.25, -0.2) is 9.18 Å². The van der Waals surface area contributed by atoms with E-state index < -0.39 is 11.8 Å². The number of hydrogen-bond acceptors (Lipinski definition) is 3. The minimum absolute atomic E-state index is 0.0323. The Balaban J connectivity index is 2.68. The summed E-state index contributed by atoms with van der Waals surface area (Å²) in [6.07, 6.45) is 2.78. The molecule has 1 N–H and O–H groups in total. The molecular formula is C10H8FN3O2. The van der Waals surface area contributed by atoms with Crippen molar-refractivity contribution >= 4 is 5.97 Å². The summed E-state index contributed by atoms with van der Waals surface area (Å²) in [5.74, 6) is -1.63. The average molecular weight is 221 g/mol. The zero-order valence-corrected chi connectivity index (χ0v) is 8.38. The van der Waals surface area contributed by atoms with Crippen LogP contribution in [0.4, 0.5) is 4.39 Å². The summed E-state index contributed by atoms with van der Waals surface area (Å²) in [6.45, 7) is 1.50. The van der Waals surface area contributed by atoms with Crippen molar-refractivity contribution in [2.45, 2.75) is 6.92 Å². The minimum atomic E-state index is -1.14. The highest BCUT2D eigenvalue weighted by Crippen LogP contribution is 2.18. The molecular weight excluding hydrogens is 213 g/mol. The van der Waals surface area contributed by atoms with Crippen LogP contribution in [0.5, 0.6) is 0 Å². The van der Waals surface area contributed by atoms with Crippen molar-refractivity contribution in [3.8, 4) is 5.69 Å². The van der Waals surface area contributed by atoms with Crippen LogP contribution in [-0.2, 0) is 0 Å². The van der Waals surface area contributed by atoms with Crippen LogP contribution in [0.1, 0.15) is 15.9 Å². The summed E-state index contributed by atoms with van der Waals surface area (Å²) in [4.78, 5) is 12.1. The van der Waals surface area contributed by atoms with E-state index in [4.69, 9.17) is 5.11 Å². The molecule has 0 saturated carbocycles. The van der Waals surface area contributed by atoms with Crippen LogP contribution in [0.15, 0.2) is 24.5 Å². The lowest BCUT2D eigenvalue weighted by Gasteiger charge is -2.06. The molecule has 0 aliphatic rings. The van der Waals surface area contributed by atoms with Gasteiger partial charge in [0.25, 0.3) is 0 Å². The first-order chi connectivity index (χ1) is 7.59. The Morgan fingerprint density at radius 3 is 2.56 bits per heavy atom. The monoisotopic (exact) mass is 221 g/mol. The molecule has 0 amide bonds. The van der Waals surface area contributed by atoms with Gasteiger partial charge >= 0.3 is 5.97 Å². The van der Waals surface area contributed by atoms with Gasteiger partial charge in [0.1, 0.15) is 11.5 Å². The SMILES string of the molecule is Cc1cc(C(=O)O)c(-n2nccn2)cc1F. The Morgan fingerprint density at radius 1 is 1.38 bits per heavy atom. The number of aryl methyl sites for hydroxylation is 1. The van der Waals surface area contributed by atoms with Crippen LogP contribution in [0.25, 0.3) is 5.69 Å².